The van der Waals surface area contributed by atoms with E-state index in [4.69, 9.17) is 0 Å². The van der Waals surface area contributed by atoms with Crippen molar-refractivity contribution in [3.05, 3.63) is 71.0 Å². The van der Waals surface area contributed by atoms with Gasteiger partial charge in [-0.1, -0.05) is 24.3 Å². The van der Waals surface area contributed by atoms with Crippen LogP contribution in [-0.2, 0) is 13.0 Å². The first kappa shape index (κ1) is 22.9. The summed E-state index contributed by atoms with van der Waals surface area (Å²) in [7, 11) is 1.61. The molecule has 0 bridgehead atoms. The van der Waals surface area contributed by atoms with E-state index in [1.165, 1.54) is 12.1 Å². The lowest BCUT2D eigenvalue weighted by Crippen LogP contribution is -2.38. The molecule has 0 fully saturated rings. The van der Waals surface area contributed by atoms with E-state index < -0.39 is 0 Å². The van der Waals surface area contributed by atoms with Crippen LogP contribution in [0.15, 0.2) is 53.5 Å². The molecule has 0 atom stereocenters. The fourth-order valence-corrected chi connectivity index (χ4v) is 2.49. The third-order valence-corrected chi connectivity index (χ3v) is 3.78. The average Bonchev–Trinajstić information content (AvgIpc) is 2.65. The zero-order valence-corrected chi connectivity index (χ0v) is 17.9. The van der Waals surface area contributed by atoms with Crippen molar-refractivity contribution in [1.82, 2.24) is 16.0 Å². The number of hydrogen-bond donors (Lipinski definition) is 3. The van der Waals surface area contributed by atoms with Crippen LogP contribution in [0, 0.1) is 5.82 Å². The highest BCUT2D eigenvalue weighted by Gasteiger charge is 2.04. The largest absolute Gasteiger partial charge is 0.357 e. The van der Waals surface area contributed by atoms with Crippen LogP contribution in [-0.4, -0.2) is 32.0 Å². The van der Waals surface area contributed by atoms with Crippen LogP contribution in [0.4, 0.5) is 4.39 Å². The molecular formula is C20H26FIN4O. The lowest BCUT2D eigenvalue weighted by atomic mass is 10.1. The van der Waals surface area contributed by atoms with Gasteiger partial charge >= 0.3 is 0 Å². The van der Waals surface area contributed by atoms with Crippen molar-refractivity contribution in [3.8, 4) is 0 Å². The molecule has 0 saturated heterocycles. The van der Waals surface area contributed by atoms with Crippen LogP contribution in [0.2, 0.25) is 0 Å². The van der Waals surface area contributed by atoms with Gasteiger partial charge in [0.1, 0.15) is 5.82 Å². The predicted molar refractivity (Wildman–Crippen MR) is 118 cm³/mol. The number of aliphatic imine (C=N–C) groups is 1. The number of amides is 1. The monoisotopic (exact) mass is 484 g/mol. The molecule has 2 aromatic carbocycles. The van der Waals surface area contributed by atoms with E-state index in [2.05, 4.69) is 20.9 Å². The smallest absolute Gasteiger partial charge is 0.251 e. The van der Waals surface area contributed by atoms with E-state index in [1.54, 1.807) is 19.2 Å². The number of guanidine groups is 1. The Morgan fingerprint density at radius 2 is 1.81 bits per heavy atom. The van der Waals surface area contributed by atoms with Crippen LogP contribution >= 0.6 is 24.0 Å². The number of benzene rings is 2. The van der Waals surface area contributed by atoms with Crippen molar-refractivity contribution in [2.45, 2.75) is 19.9 Å². The Labute approximate surface area is 176 Å². The van der Waals surface area contributed by atoms with Gasteiger partial charge in [-0.25, -0.2) is 9.38 Å². The molecule has 0 heterocycles. The Kier molecular flexibility index (Phi) is 10.4. The van der Waals surface area contributed by atoms with Crippen molar-refractivity contribution in [1.29, 1.82) is 0 Å². The second-order valence-corrected chi connectivity index (χ2v) is 5.78. The molecule has 0 saturated carbocycles. The van der Waals surface area contributed by atoms with E-state index in [9.17, 15) is 9.18 Å². The third kappa shape index (κ3) is 7.94. The second-order valence-electron chi connectivity index (χ2n) is 5.78. The molecule has 0 spiro atoms. The number of halogens is 2. The maximum absolute atomic E-state index is 13.2. The van der Waals surface area contributed by atoms with Gasteiger partial charge in [0, 0.05) is 25.7 Å². The number of nitrogens with zero attached hydrogens (tertiary/aromatic N) is 1. The van der Waals surface area contributed by atoms with Crippen molar-refractivity contribution in [2.75, 3.05) is 20.1 Å². The number of carbonyl (C=O) groups excluding carboxylic acids is 1. The lowest BCUT2D eigenvalue weighted by Gasteiger charge is -2.11. The molecule has 7 heteroatoms. The summed E-state index contributed by atoms with van der Waals surface area (Å²) >= 11 is 0. The molecule has 27 heavy (non-hydrogen) atoms. The van der Waals surface area contributed by atoms with Gasteiger partial charge in [-0.2, -0.15) is 0 Å². The SMILES string of the molecule is CCNC(=NCc1cccc(C(=O)NC)c1)NCCc1cccc(F)c1.I. The van der Waals surface area contributed by atoms with Gasteiger partial charge in [0.15, 0.2) is 5.96 Å². The van der Waals surface area contributed by atoms with E-state index in [0.29, 0.717) is 31.0 Å². The Balaban J connectivity index is 0.00000364. The van der Waals surface area contributed by atoms with Crippen LogP contribution in [0.3, 0.4) is 0 Å². The molecule has 146 valence electrons. The van der Waals surface area contributed by atoms with Gasteiger partial charge in [0.05, 0.1) is 6.54 Å². The summed E-state index contributed by atoms with van der Waals surface area (Å²) in [5, 5.41) is 9.04. The summed E-state index contributed by atoms with van der Waals surface area (Å²) in [5.41, 5.74) is 2.50. The highest BCUT2D eigenvalue weighted by atomic mass is 127. The van der Waals surface area contributed by atoms with Crippen molar-refractivity contribution in [2.24, 2.45) is 4.99 Å². The van der Waals surface area contributed by atoms with Crippen LogP contribution in [0.25, 0.3) is 0 Å². The quantitative estimate of drug-likeness (QED) is 0.322. The highest BCUT2D eigenvalue weighted by Crippen LogP contribution is 2.07. The Hall–Kier alpha value is -2.16. The molecule has 0 radical (unpaired) electrons. The molecule has 1 amide bonds. The molecule has 3 N–H and O–H groups in total. The summed E-state index contributed by atoms with van der Waals surface area (Å²) in [6.07, 6.45) is 0.703. The fraction of sp³-hybridized carbons (Fsp3) is 0.300. The van der Waals surface area contributed by atoms with E-state index in [-0.39, 0.29) is 35.7 Å². The fourth-order valence-electron chi connectivity index (χ4n) is 2.49. The van der Waals surface area contributed by atoms with Crippen molar-refractivity contribution >= 4 is 35.8 Å². The maximum Gasteiger partial charge on any atom is 0.251 e. The summed E-state index contributed by atoms with van der Waals surface area (Å²) in [6.45, 7) is 3.84. The number of rotatable bonds is 7. The maximum atomic E-state index is 13.2. The molecule has 0 aromatic heterocycles. The average molecular weight is 484 g/mol. The van der Waals surface area contributed by atoms with Crippen LogP contribution < -0.4 is 16.0 Å². The van der Waals surface area contributed by atoms with Gasteiger partial charge in [-0.05, 0) is 48.7 Å². The van der Waals surface area contributed by atoms with E-state index >= 15 is 0 Å². The third-order valence-electron chi connectivity index (χ3n) is 3.78. The van der Waals surface area contributed by atoms with Crippen LogP contribution in [0.1, 0.15) is 28.4 Å². The van der Waals surface area contributed by atoms with Gasteiger partial charge in [0.25, 0.3) is 5.91 Å². The molecule has 0 aliphatic carbocycles. The molecule has 0 aliphatic heterocycles. The first-order chi connectivity index (χ1) is 12.6. The molecule has 0 aliphatic rings. The second kappa shape index (κ2) is 12.3. The summed E-state index contributed by atoms with van der Waals surface area (Å²) in [4.78, 5) is 16.3. The van der Waals surface area contributed by atoms with Crippen molar-refractivity contribution < 1.29 is 9.18 Å². The van der Waals surface area contributed by atoms with Gasteiger partial charge < -0.3 is 16.0 Å². The number of hydrogen-bond acceptors (Lipinski definition) is 2. The van der Waals surface area contributed by atoms with Crippen LogP contribution in [0.5, 0.6) is 0 Å². The predicted octanol–water partition coefficient (Wildman–Crippen LogP) is 3.10. The molecule has 2 aromatic rings. The minimum atomic E-state index is -0.223. The zero-order chi connectivity index (χ0) is 18.8. The topological polar surface area (TPSA) is 65.5 Å². The number of nitrogens with one attached hydrogen (secondary N) is 3. The molecular weight excluding hydrogens is 458 g/mol. The van der Waals surface area contributed by atoms with Gasteiger partial charge in [-0.15, -0.1) is 24.0 Å². The first-order valence-corrected chi connectivity index (χ1v) is 8.70. The summed E-state index contributed by atoms with van der Waals surface area (Å²) < 4.78 is 13.2. The lowest BCUT2D eigenvalue weighted by molar-refractivity contribution is 0.0963. The minimum absolute atomic E-state index is 0. The van der Waals surface area contributed by atoms with E-state index in [1.807, 2.05) is 31.2 Å². The Morgan fingerprint density at radius 1 is 1.07 bits per heavy atom. The van der Waals surface area contributed by atoms with Gasteiger partial charge in [-0.3, -0.25) is 4.79 Å². The number of carbonyl (C=O) groups is 1. The van der Waals surface area contributed by atoms with Crippen molar-refractivity contribution in [3.63, 3.8) is 0 Å². The zero-order valence-electron chi connectivity index (χ0n) is 15.6. The highest BCUT2D eigenvalue weighted by molar-refractivity contribution is 14.0. The minimum Gasteiger partial charge on any atom is -0.357 e. The molecule has 5 nitrogen and oxygen atoms in total. The first-order valence-electron chi connectivity index (χ1n) is 8.70. The summed E-state index contributed by atoms with van der Waals surface area (Å²) in [6, 6.07) is 14.0. The van der Waals surface area contributed by atoms with E-state index in [0.717, 1.165) is 17.7 Å². The molecule has 0 unspecified atom stereocenters. The molecule has 2 rings (SSSR count). The normalized spacial score (nSPS) is 10.7. The standard InChI is InChI=1S/C20H25FN4O.HI/c1-3-23-20(24-11-10-15-6-5-9-18(21)13-15)25-14-16-7-4-8-17(12-16)19(26)22-2;/h4-9,12-13H,3,10-11,14H2,1-2H3,(H,22,26)(H2,23,24,25);1H. The Bertz CT molecular complexity index is 767. The summed E-state index contributed by atoms with van der Waals surface area (Å²) in [5.74, 6) is 0.351. The Morgan fingerprint density at radius 3 is 2.52 bits per heavy atom. The van der Waals surface area contributed by atoms with Gasteiger partial charge in [0.2, 0.25) is 0 Å².